The number of allylic oxidation sites excluding steroid dienone is 1. The molecule has 0 spiro atoms. The zero-order valence-electron chi connectivity index (χ0n) is 17.2. The molecule has 0 aromatic heterocycles. The van der Waals surface area contributed by atoms with E-state index in [9.17, 15) is 9.59 Å². The van der Waals surface area contributed by atoms with Crippen LogP contribution in [0.5, 0.6) is 0 Å². The number of carbonyl (C=O) groups is 2. The fraction of sp³-hybridized carbons (Fsp3) is 0.385. The number of hydrogen-bond acceptors (Lipinski definition) is 2. The normalized spacial score (nSPS) is 12.9. The van der Waals surface area contributed by atoms with Crippen LogP contribution in [0.1, 0.15) is 73.1 Å². The Morgan fingerprint density at radius 3 is 1.39 bits per heavy atom. The molecule has 2 heteroatoms. The SMILES string of the molecule is C=C([C@@H](CCCC)C(=O)c1ccccc1)[C@@H](CCCC)C(=O)c1ccccc1. The van der Waals surface area contributed by atoms with Gasteiger partial charge in [-0.1, -0.05) is 112 Å². The summed E-state index contributed by atoms with van der Waals surface area (Å²) in [7, 11) is 0. The summed E-state index contributed by atoms with van der Waals surface area (Å²) in [5, 5.41) is 0. The third-order valence-corrected chi connectivity index (χ3v) is 5.34. The minimum absolute atomic E-state index is 0.0846. The summed E-state index contributed by atoms with van der Waals surface area (Å²) in [4.78, 5) is 26.5. The molecule has 0 amide bonds. The molecule has 0 unspecified atom stereocenters. The van der Waals surface area contributed by atoms with Gasteiger partial charge in [0, 0.05) is 23.0 Å². The number of Topliss-reactive ketones (excluding diaryl/α,β-unsaturated/α-hetero) is 2. The molecule has 0 saturated carbocycles. The van der Waals surface area contributed by atoms with Crippen molar-refractivity contribution in [1.29, 1.82) is 0 Å². The predicted octanol–water partition coefficient (Wildman–Crippen LogP) is 6.92. The maximum Gasteiger partial charge on any atom is 0.169 e. The summed E-state index contributed by atoms with van der Waals surface area (Å²) in [5.41, 5.74) is 2.18. The molecule has 2 aromatic carbocycles. The van der Waals surface area contributed by atoms with E-state index in [1.54, 1.807) is 0 Å². The van der Waals surface area contributed by atoms with Gasteiger partial charge in [-0.05, 0) is 12.8 Å². The molecule has 148 valence electrons. The van der Waals surface area contributed by atoms with E-state index < -0.39 is 0 Å². The molecule has 0 aliphatic heterocycles. The van der Waals surface area contributed by atoms with E-state index in [-0.39, 0.29) is 23.4 Å². The van der Waals surface area contributed by atoms with Crippen LogP contribution in [0, 0.1) is 11.8 Å². The summed E-state index contributed by atoms with van der Waals surface area (Å²) < 4.78 is 0. The van der Waals surface area contributed by atoms with Crippen LogP contribution >= 0.6 is 0 Å². The molecule has 0 radical (unpaired) electrons. The largest absolute Gasteiger partial charge is 0.294 e. The maximum atomic E-state index is 13.3. The first-order chi connectivity index (χ1) is 13.6. The molecular weight excluding hydrogens is 344 g/mol. The molecule has 2 nitrogen and oxygen atoms in total. The Morgan fingerprint density at radius 1 is 0.714 bits per heavy atom. The van der Waals surface area contributed by atoms with Gasteiger partial charge in [-0.25, -0.2) is 0 Å². The van der Waals surface area contributed by atoms with Gasteiger partial charge < -0.3 is 0 Å². The van der Waals surface area contributed by atoms with Crippen LogP contribution in [0.15, 0.2) is 72.8 Å². The van der Waals surface area contributed by atoms with Crippen molar-refractivity contribution in [3.63, 3.8) is 0 Å². The third-order valence-electron chi connectivity index (χ3n) is 5.34. The molecule has 0 aliphatic rings. The van der Waals surface area contributed by atoms with Gasteiger partial charge in [0.1, 0.15) is 0 Å². The van der Waals surface area contributed by atoms with E-state index in [0.29, 0.717) is 11.1 Å². The van der Waals surface area contributed by atoms with E-state index in [0.717, 1.165) is 44.1 Å². The van der Waals surface area contributed by atoms with Crippen molar-refractivity contribution in [3.8, 4) is 0 Å². The average Bonchev–Trinajstić information content (AvgIpc) is 2.75. The lowest BCUT2D eigenvalue weighted by Crippen LogP contribution is -2.26. The summed E-state index contributed by atoms with van der Waals surface area (Å²) >= 11 is 0. The van der Waals surface area contributed by atoms with Crippen molar-refractivity contribution in [2.45, 2.75) is 52.4 Å². The van der Waals surface area contributed by atoms with Crippen molar-refractivity contribution in [2.75, 3.05) is 0 Å². The van der Waals surface area contributed by atoms with E-state index in [1.165, 1.54) is 0 Å². The Labute approximate surface area is 169 Å². The number of rotatable bonds is 12. The standard InChI is InChI=1S/C26H32O2/c1-4-6-18-23(25(27)21-14-10-8-11-15-21)20(3)24(19-7-5-2)26(28)22-16-12-9-13-17-22/h8-17,23-24H,3-7,18-19H2,1-2H3/t23-,24-/m1/s1. The molecule has 0 bridgehead atoms. The Morgan fingerprint density at radius 2 is 1.07 bits per heavy atom. The van der Waals surface area contributed by atoms with Gasteiger partial charge >= 0.3 is 0 Å². The Hall–Kier alpha value is -2.48. The fourth-order valence-corrected chi connectivity index (χ4v) is 3.64. The molecule has 0 saturated heterocycles. The lowest BCUT2D eigenvalue weighted by Gasteiger charge is -2.25. The van der Waals surface area contributed by atoms with Crippen LogP contribution in [0.2, 0.25) is 0 Å². The van der Waals surface area contributed by atoms with Gasteiger partial charge in [0.05, 0.1) is 0 Å². The number of unbranched alkanes of at least 4 members (excludes halogenated alkanes) is 2. The third kappa shape index (κ3) is 5.76. The molecule has 0 N–H and O–H groups in total. The van der Waals surface area contributed by atoms with Crippen LogP contribution < -0.4 is 0 Å². The molecule has 2 atom stereocenters. The predicted molar refractivity (Wildman–Crippen MR) is 117 cm³/mol. The van der Waals surface area contributed by atoms with Crippen LogP contribution in [0.3, 0.4) is 0 Å². The van der Waals surface area contributed by atoms with E-state index in [4.69, 9.17) is 0 Å². The van der Waals surface area contributed by atoms with Crippen molar-refractivity contribution in [1.82, 2.24) is 0 Å². The van der Waals surface area contributed by atoms with E-state index in [1.807, 2.05) is 60.7 Å². The highest BCUT2D eigenvalue weighted by molar-refractivity contribution is 6.03. The van der Waals surface area contributed by atoms with E-state index in [2.05, 4.69) is 20.4 Å². The van der Waals surface area contributed by atoms with Gasteiger partial charge in [-0.15, -0.1) is 0 Å². The first-order valence-electron chi connectivity index (χ1n) is 10.5. The summed E-state index contributed by atoms with van der Waals surface area (Å²) in [6.07, 6.45) is 5.41. The summed E-state index contributed by atoms with van der Waals surface area (Å²) in [6, 6.07) is 18.8. The fourth-order valence-electron chi connectivity index (χ4n) is 3.64. The van der Waals surface area contributed by atoms with Crippen LogP contribution in [0.4, 0.5) is 0 Å². The van der Waals surface area contributed by atoms with Gasteiger partial charge in [0.25, 0.3) is 0 Å². The molecule has 0 fully saturated rings. The first-order valence-corrected chi connectivity index (χ1v) is 10.5. The molecule has 0 heterocycles. The molecular formula is C26H32O2. The Balaban J connectivity index is 2.33. The average molecular weight is 377 g/mol. The highest BCUT2D eigenvalue weighted by Gasteiger charge is 2.31. The number of ketones is 2. The van der Waals surface area contributed by atoms with Crippen LogP contribution in [-0.4, -0.2) is 11.6 Å². The minimum atomic E-state index is -0.308. The van der Waals surface area contributed by atoms with Crippen molar-refractivity contribution in [2.24, 2.45) is 11.8 Å². The Kier molecular flexibility index (Phi) is 8.87. The number of carbonyl (C=O) groups excluding carboxylic acids is 2. The highest BCUT2D eigenvalue weighted by Crippen LogP contribution is 2.32. The van der Waals surface area contributed by atoms with Gasteiger partial charge in [-0.3, -0.25) is 9.59 Å². The summed E-state index contributed by atoms with van der Waals surface area (Å²) in [6.45, 7) is 8.56. The first kappa shape index (κ1) is 21.8. The topological polar surface area (TPSA) is 34.1 Å². The zero-order valence-corrected chi connectivity index (χ0v) is 17.2. The van der Waals surface area contributed by atoms with Gasteiger partial charge in [0.2, 0.25) is 0 Å². The second-order valence-electron chi connectivity index (χ2n) is 7.43. The smallest absolute Gasteiger partial charge is 0.169 e. The van der Waals surface area contributed by atoms with E-state index >= 15 is 0 Å². The molecule has 28 heavy (non-hydrogen) atoms. The highest BCUT2D eigenvalue weighted by atomic mass is 16.1. The lowest BCUT2D eigenvalue weighted by molar-refractivity contribution is 0.0893. The lowest BCUT2D eigenvalue weighted by atomic mass is 9.76. The molecule has 2 rings (SSSR count). The number of benzene rings is 2. The maximum absolute atomic E-state index is 13.3. The zero-order chi connectivity index (χ0) is 20.4. The summed E-state index contributed by atoms with van der Waals surface area (Å²) in [5.74, 6) is -0.448. The van der Waals surface area contributed by atoms with Gasteiger partial charge in [0.15, 0.2) is 11.6 Å². The quantitative estimate of drug-likeness (QED) is 0.297. The van der Waals surface area contributed by atoms with Crippen molar-refractivity contribution >= 4 is 11.6 Å². The van der Waals surface area contributed by atoms with Crippen LogP contribution in [0.25, 0.3) is 0 Å². The molecule has 0 aliphatic carbocycles. The number of hydrogen-bond donors (Lipinski definition) is 0. The molecule has 2 aromatic rings. The minimum Gasteiger partial charge on any atom is -0.294 e. The second kappa shape index (κ2) is 11.4. The van der Waals surface area contributed by atoms with Gasteiger partial charge in [-0.2, -0.15) is 0 Å². The second-order valence-corrected chi connectivity index (χ2v) is 7.43. The monoisotopic (exact) mass is 376 g/mol. The Bertz CT molecular complexity index is 696. The van der Waals surface area contributed by atoms with Crippen LogP contribution in [-0.2, 0) is 0 Å². The van der Waals surface area contributed by atoms with Crippen molar-refractivity contribution < 1.29 is 9.59 Å². The van der Waals surface area contributed by atoms with Crippen molar-refractivity contribution in [3.05, 3.63) is 83.9 Å².